The van der Waals surface area contributed by atoms with Gasteiger partial charge in [-0.3, -0.25) is 0 Å². The monoisotopic (exact) mass is 620 g/mol. The third-order valence-electron chi connectivity index (χ3n) is 7.68. The van der Waals surface area contributed by atoms with E-state index >= 15 is 0 Å². The van der Waals surface area contributed by atoms with Gasteiger partial charge in [0.25, 0.3) is 0 Å². The van der Waals surface area contributed by atoms with Gasteiger partial charge in [0.1, 0.15) is 0 Å². The average Bonchev–Trinajstić information content (AvgIpc) is 3.84. The van der Waals surface area contributed by atoms with Crippen LogP contribution in [0.15, 0.2) is 97.1 Å². The van der Waals surface area contributed by atoms with Gasteiger partial charge in [-0.15, -0.1) is 0 Å². The molecule has 12 rings (SSSR count). The van der Waals surface area contributed by atoms with Gasteiger partial charge >= 0.3 is 34.1 Å². The Labute approximate surface area is 276 Å². The first kappa shape index (κ1) is 31.9. The summed E-state index contributed by atoms with van der Waals surface area (Å²) in [5.74, 6) is 10.5. The SMILES string of the molecule is [CH]1[CH][CH][CH][CH]1.[CH]1[CH][CH][CH][CH]1.[CH]1[C]2C=CC=C[C]2[C]2[C]1c1ccc(cc1)[C]1[CH][C]3C=CC=C[C]3[C]1c1ccc2cc1.[Fe+2].[Fe+2]. The second-order valence-corrected chi connectivity index (χ2v) is 10.1. The van der Waals surface area contributed by atoms with Crippen molar-refractivity contribution in [3.8, 4) is 0 Å². The van der Waals surface area contributed by atoms with Crippen LogP contribution in [-0.2, 0) is 34.1 Å². The number of allylic oxidation sites excluding steroid dienone is 8. The fourth-order valence-electron chi connectivity index (χ4n) is 5.80. The first-order chi connectivity index (χ1) is 19.9. The summed E-state index contributed by atoms with van der Waals surface area (Å²) in [4.78, 5) is 0. The van der Waals surface area contributed by atoms with Crippen LogP contribution in [0.1, 0.15) is 22.3 Å². The molecule has 42 heavy (non-hydrogen) atoms. The van der Waals surface area contributed by atoms with Gasteiger partial charge in [0.15, 0.2) is 0 Å². The molecular weight excluding hydrogens is 592 g/mol. The van der Waals surface area contributed by atoms with Crippen molar-refractivity contribution in [2.45, 2.75) is 0 Å². The molecule has 4 fully saturated rings. The molecule has 10 aliphatic rings. The maximum Gasteiger partial charge on any atom is 2.00 e. The van der Waals surface area contributed by atoms with Crippen LogP contribution in [0.25, 0.3) is 0 Å². The molecule has 0 unspecified atom stereocenters. The Kier molecular flexibility index (Phi) is 11.3. The van der Waals surface area contributed by atoms with E-state index in [1.807, 2.05) is 64.2 Å². The molecule has 0 saturated heterocycles. The van der Waals surface area contributed by atoms with Crippen LogP contribution in [0.3, 0.4) is 0 Å². The summed E-state index contributed by atoms with van der Waals surface area (Å²) in [5, 5.41) is 0. The van der Waals surface area contributed by atoms with E-state index in [2.05, 4.69) is 110 Å². The smallest absolute Gasteiger partial charge is 0.0761 e. The van der Waals surface area contributed by atoms with E-state index < -0.39 is 0 Å². The number of rotatable bonds is 0. The third kappa shape index (κ3) is 6.59. The van der Waals surface area contributed by atoms with E-state index in [1.54, 1.807) is 0 Å². The molecule has 4 bridgehead atoms. The number of hydrogen-bond acceptors (Lipinski definition) is 0. The molecule has 0 heterocycles. The Morgan fingerprint density at radius 1 is 0.286 bits per heavy atom. The normalized spacial score (nSPS) is 23.4. The van der Waals surface area contributed by atoms with Crippen LogP contribution in [0.4, 0.5) is 0 Å². The molecule has 0 amide bonds. The summed E-state index contributed by atoms with van der Waals surface area (Å²) < 4.78 is 0. The molecule has 0 N–H and O–H groups in total. The van der Waals surface area contributed by atoms with Gasteiger partial charge in [-0.1, -0.05) is 97.1 Å². The zero-order valence-corrected chi connectivity index (χ0v) is 25.1. The second-order valence-electron chi connectivity index (χ2n) is 10.1. The first-order valence-corrected chi connectivity index (χ1v) is 13.8. The fourth-order valence-corrected chi connectivity index (χ4v) is 5.80. The summed E-state index contributed by atoms with van der Waals surface area (Å²) in [5.41, 5.74) is 5.09. The minimum atomic E-state index is 0. The molecular formula is C40H28Fe2+4. The zero-order valence-electron chi connectivity index (χ0n) is 22.9. The summed E-state index contributed by atoms with van der Waals surface area (Å²) in [6.07, 6.45) is 42.1. The average molecular weight is 620 g/mol. The molecule has 20 radical (unpaired) electrons. The van der Waals surface area contributed by atoms with Crippen LogP contribution in [0.5, 0.6) is 0 Å². The zero-order chi connectivity index (χ0) is 26.7. The molecule has 10 aliphatic carbocycles. The van der Waals surface area contributed by atoms with Gasteiger partial charge in [0, 0.05) is 47.3 Å². The molecule has 4 saturated carbocycles. The van der Waals surface area contributed by atoms with Gasteiger partial charge in [-0.2, -0.15) is 0 Å². The Morgan fingerprint density at radius 3 is 0.905 bits per heavy atom. The van der Waals surface area contributed by atoms with E-state index in [0.29, 0.717) is 0 Å². The van der Waals surface area contributed by atoms with Gasteiger partial charge in [-0.05, 0) is 99.3 Å². The van der Waals surface area contributed by atoms with E-state index in [4.69, 9.17) is 0 Å². The van der Waals surface area contributed by atoms with Crippen molar-refractivity contribution >= 4 is 0 Å². The molecule has 200 valence electrons. The molecule has 2 aromatic carbocycles. The van der Waals surface area contributed by atoms with Gasteiger partial charge in [0.05, 0.1) is 0 Å². The minimum absolute atomic E-state index is 0. The van der Waals surface area contributed by atoms with Crippen LogP contribution >= 0.6 is 0 Å². The van der Waals surface area contributed by atoms with E-state index in [-0.39, 0.29) is 34.1 Å². The quantitative estimate of drug-likeness (QED) is 0.261. The third-order valence-corrected chi connectivity index (χ3v) is 7.68. The largest absolute Gasteiger partial charge is 2.00 e. The Balaban J connectivity index is 0.000000251. The van der Waals surface area contributed by atoms with E-state index in [1.165, 1.54) is 69.6 Å². The van der Waals surface area contributed by atoms with Crippen LogP contribution < -0.4 is 0 Å². The number of hydrogen-bond donors (Lipinski definition) is 0. The fraction of sp³-hybridized carbons (Fsp3) is 0. The Morgan fingerprint density at radius 2 is 0.571 bits per heavy atom. The summed E-state index contributed by atoms with van der Waals surface area (Å²) in [6, 6.07) is 18.3. The number of benzene rings is 2. The molecule has 0 nitrogen and oxygen atoms in total. The topological polar surface area (TPSA) is 0 Å². The summed E-state index contributed by atoms with van der Waals surface area (Å²) in [6.45, 7) is 0. The van der Waals surface area contributed by atoms with Gasteiger partial charge in [-0.25, -0.2) is 0 Å². The molecule has 0 aromatic heterocycles. The summed E-state index contributed by atoms with van der Waals surface area (Å²) in [7, 11) is 0. The first-order valence-electron chi connectivity index (χ1n) is 13.8. The molecule has 0 atom stereocenters. The second kappa shape index (κ2) is 14.9. The van der Waals surface area contributed by atoms with E-state index in [9.17, 15) is 0 Å². The van der Waals surface area contributed by atoms with Crippen molar-refractivity contribution in [3.05, 3.63) is 244 Å². The van der Waals surface area contributed by atoms with Crippen molar-refractivity contribution in [1.29, 1.82) is 0 Å². The van der Waals surface area contributed by atoms with Gasteiger partial charge in [0.2, 0.25) is 0 Å². The van der Waals surface area contributed by atoms with Crippen molar-refractivity contribution in [2.75, 3.05) is 0 Å². The standard InChI is InChI=1S/C30H18.2C5H5.2Fe/c1-3-7-25-23(5-1)17-27-19-9-11-20(12-10-19)28-18-24-6-2-4-8-26(24)30(28)22-15-13-21(14-16-22)29(25)27;2*1-2-4-5-3-1;;/h1-18H;2*1-5H;;/q;;;2*+2. The van der Waals surface area contributed by atoms with E-state index in [0.717, 1.165) is 0 Å². The maximum absolute atomic E-state index is 2.33. The van der Waals surface area contributed by atoms with Crippen molar-refractivity contribution in [2.24, 2.45) is 0 Å². The summed E-state index contributed by atoms with van der Waals surface area (Å²) >= 11 is 0. The predicted molar refractivity (Wildman–Crippen MR) is 163 cm³/mol. The molecule has 0 aliphatic heterocycles. The Hall–Kier alpha value is -1.56. The van der Waals surface area contributed by atoms with Gasteiger partial charge < -0.3 is 0 Å². The Bertz CT molecular complexity index is 1130. The van der Waals surface area contributed by atoms with Crippen LogP contribution in [-0.4, -0.2) is 0 Å². The predicted octanol–water partition coefficient (Wildman–Crippen LogP) is 8.11. The minimum Gasteiger partial charge on any atom is -0.0761 e. The molecule has 0 spiro atoms. The van der Waals surface area contributed by atoms with Crippen LogP contribution in [0, 0.1) is 124 Å². The van der Waals surface area contributed by atoms with Crippen molar-refractivity contribution in [1.82, 2.24) is 0 Å². The number of fused-ring (bicyclic) bond motifs is 2. The van der Waals surface area contributed by atoms with Crippen molar-refractivity contribution in [3.63, 3.8) is 0 Å². The molecule has 2 heteroatoms. The molecule has 2 aromatic rings. The van der Waals surface area contributed by atoms with Crippen molar-refractivity contribution < 1.29 is 34.1 Å². The maximum atomic E-state index is 2.33. The van der Waals surface area contributed by atoms with Crippen LogP contribution in [0.2, 0.25) is 0 Å².